The summed E-state index contributed by atoms with van der Waals surface area (Å²) in [6.07, 6.45) is 0. The van der Waals surface area contributed by atoms with Crippen LogP contribution in [0.25, 0.3) is 0 Å². The largest absolute Gasteiger partial charge is 0.377 e. The quantitative estimate of drug-likeness (QED) is 0.673. The minimum atomic E-state index is -0.500. The van der Waals surface area contributed by atoms with Gasteiger partial charge in [-0.1, -0.05) is 0 Å². The number of nitrogens with one attached hydrogen (secondary N) is 1. The first-order valence-corrected chi connectivity index (χ1v) is 7.26. The highest BCUT2D eigenvalue weighted by molar-refractivity contribution is 7.12. The predicted molar refractivity (Wildman–Crippen MR) is 83.6 cm³/mol. The van der Waals surface area contributed by atoms with E-state index < -0.39 is 4.92 Å². The van der Waals surface area contributed by atoms with E-state index in [9.17, 15) is 10.1 Å². The van der Waals surface area contributed by atoms with Crippen molar-refractivity contribution in [2.24, 2.45) is 0 Å². The topological polar surface area (TPSA) is 79.0 Å². The van der Waals surface area contributed by atoms with Crippen LogP contribution in [0.2, 0.25) is 0 Å². The van der Waals surface area contributed by atoms with Crippen LogP contribution >= 0.6 is 11.3 Å². The molecule has 0 bridgehead atoms. The van der Waals surface area contributed by atoms with Crippen molar-refractivity contribution in [2.75, 3.05) is 5.32 Å². The number of nitriles is 1. The van der Waals surface area contributed by atoms with Crippen LogP contribution in [-0.2, 0) is 0 Å². The second kappa shape index (κ2) is 5.94. The molecule has 1 unspecified atom stereocenters. The minimum Gasteiger partial charge on any atom is -0.377 e. The molecule has 1 aromatic carbocycles. The van der Waals surface area contributed by atoms with E-state index in [0.29, 0.717) is 5.69 Å². The maximum Gasteiger partial charge on any atom is 0.270 e. The fourth-order valence-corrected chi connectivity index (χ4v) is 3.28. The first kappa shape index (κ1) is 15.0. The summed E-state index contributed by atoms with van der Waals surface area (Å²) in [5.74, 6) is 0. The standard InChI is InChI=1S/C15H15N3O2S/c1-9-6-14(11(3)21-9)10(2)17-15-5-4-13(18(19)20)7-12(15)8-16/h4-7,10,17H,1-3H3. The van der Waals surface area contributed by atoms with Gasteiger partial charge >= 0.3 is 0 Å². The Kier molecular flexibility index (Phi) is 4.24. The Bertz CT molecular complexity index is 731. The maximum absolute atomic E-state index is 10.7. The fourth-order valence-electron chi connectivity index (χ4n) is 2.26. The molecule has 2 rings (SSSR count). The molecule has 0 aliphatic heterocycles. The number of anilines is 1. The van der Waals surface area contributed by atoms with Gasteiger partial charge < -0.3 is 5.32 Å². The van der Waals surface area contributed by atoms with Gasteiger partial charge in [-0.15, -0.1) is 11.3 Å². The molecule has 0 fully saturated rings. The van der Waals surface area contributed by atoms with Gasteiger partial charge in [-0.3, -0.25) is 10.1 Å². The van der Waals surface area contributed by atoms with E-state index in [2.05, 4.69) is 25.2 Å². The van der Waals surface area contributed by atoms with Crippen LogP contribution in [0, 0.1) is 35.3 Å². The Hall–Kier alpha value is -2.39. The molecule has 1 aromatic heterocycles. The summed E-state index contributed by atoms with van der Waals surface area (Å²) >= 11 is 1.73. The van der Waals surface area contributed by atoms with Crippen LogP contribution < -0.4 is 5.32 Å². The fraction of sp³-hybridized carbons (Fsp3) is 0.267. The third kappa shape index (κ3) is 3.20. The smallest absolute Gasteiger partial charge is 0.270 e. The molecule has 1 N–H and O–H groups in total. The summed E-state index contributed by atoms with van der Waals surface area (Å²) < 4.78 is 0. The van der Waals surface area contributed by atoms with Crippen LogP contribution in [0.5, 0.6) is 0 Å². The van der Waals surface area contributed by atoms with Crippen molar-refractivity contribution in [3.8, 4) is 6.07 Å². The first-order chi connectivity index (χ1) is 9.92. The Morgan fingerprint density at radius 3 is 2.62 bits per heavy atom. The van der Waals surface area contributed by atoms with Gasteiger partial charge in [-0.25, -0.2) is 0 Å². The molecule has 2 aromatic rings. The highest BCUT2D eigenvalue weighted by atomic mass is 32.1. The molecule has 0 saturated heterocycles. The summed E-state index contributed by atoms with van der Waals surface area (Å²) in [7, 11) is 0. The lowest BCUT2D eigenvalue weighted by atomic mass is 10.1. The number of aryl methyl sites for hydroxylation is 2. The van der Waals surface area contributed by atoms with E-state index in [0.717, 1.165) is 0 Å². The van der Waals surface area contributed by atoms with E-state index in [1.165, 1.54) is 27.5 Å². The van der Waals surface area contributed by atoms with Gasteiger partial charge in [0, 0.05) is 27.9 Å². The summed E-state index contributed by atoms with van der Waals surface area (Å²) in [5.41, 5.74) is 1.99. The van der Waals surface area contributed by atoms with Gasteiger partial charge in [0.1, 0.15) is 6.07 Å². The van der Waals surface area contributed by atoms with E-state index in [1.807, 2.05) is 13.0 Å². The van der Waals surface area contributed by atoms with Crippen molar-refractivity contribution in [3.63, 3.8) is 0 Å². The predicted octanol–water partition coefficient (Wildman–Crippen LogP) is 4.32. The molecule has 1 heterocycles. The highest BCUT2D eigenvalue weighted by Crippen LogP contribution is 2.30. The number of hydrogen-bond acceptors (Lipinski definition) is 5. The number of nitro benzene ring substituents is 1. The van der Waals surface area contributed by atoms with Gasteiger partial charge in [0.05, 0.1) is 16.2 Å². The van der Waals surface area contributed by atoms with Crippen molar-refractivity contribution >= 4 is 22.7 Å². The highest BCUT2D eigenvalue weighted by Gasteiger charge is 2.15. The lowest BCUT2D eigenvalue weighted by molar-refractivity contribution is -0.384. The Morgan fingerprint density at radius 1 is 1.38 bits per heavy atom. The minimum absolute atomic E-state index is 0.0310. The summed E-state index contributed by atoms with van der Waals surface area (Å²) in [6, 6.07) is 8.44. The number of non-ortho nitro benzene ring substituents is 1. The van der Waals surface area contributed by atoms with Crippen LogP contribution in [-0.4, -0.2) is 4.92 Å². The zero-order chi connectivity index (χ0) is 15.6. The number of nitrogens with zero attached hydrogens (tertiary/aromatic N) is 2. The first-order valence-electron chi connectivity index (χ1n) is 6.44. The molecule has 1 atom stereocenters. The lowest BCUT2D eigenvalue weighted by Crippen LogP contribution is -2.08. The third-order valence-corrected chi connectivity index (χ3v) is 4.23. The lowest BCUT2D eigenvalue weighted by Gasteiger charge is -2.16. The van der Waals surface area contributed by atoms with Gasteiger partial charge in [-0.2, -0.15) is 5.26 Å². The maximum atomic E-state index is 10.7. The van der Waals surface area contributed by atoms with Gasteiger partial charge in [0.15, 0.2) is 0 Å². The third-order valence-electron chi connectivity index (χ3n) is 3.25. The molecule has 0 amide bonds. The van der Waals surface area contributed by atoms with Crippen molar-refractivity contribution in [2.45, 2.75) is 26.8 Å². The molecular formula is C15H15N3O2S. The molecule has 21 heavy (non-hydrogen) atoms. The summed E-state index contributed by atoms with van der Waals surface area (Å²) in [4.78, 5) is 12.7. The van der Waals surface area contributed by atoms with Gasteiger partial charge in [0.25, 0.3) is 5.69 Å². The van der Waals surface area contributed by atoms with Crippen molar-refractivity contribution in [1.29, 1.82) is 5.26 Å². The van der Waals surface area contributed by atoms with Gasteiger partial charge in [-0.05, 0) is 38.5 Å². The molecular weight excluding hydrogens is 286 g/mol. The van der Waals surface area contributed by atoms with Crippen molar-refractivity contribution in [3.05, 3.63) is 55.3 Å². The SMILES string of the molecule is Cc1cc(C(C)Nc2ccc([N+](=O)[O-])cc2C#N)c(C)s1. The number of hydrogen-bond donors (Lipinski definition) is 1. The molecule has 0 aliphatic carbocycles. The number of nitro groups is 1. The number of benzene rings is 1. The summed E-state index contributed by atoms with van der Waals surface area (Å²) in [5, 5.41) is 23.2. The Morgan fingerprint density at radius 2 is 2.10 bits per heavy atom. The number of rotatable bonds is 4. The second-order valence-electron chi connectivity index (χ2n) is 4.83. The van der Waals surface area contributed by atoms with Crippen LogP contribution in [0.15, 0.2) is 24.3 Å². The molecule has 5 nitrogen and oxygen atoms in total. The number of thiophene rings is 1. The van der Waals surface area contributed by atoms with E-state index in [1.54, 1.807) is 17.4 Å². The van der Waals surface area contributed by atoms with E-state index in [-0.39, 0.29) is 17.3 Å². The normalized spacial score (nSPS) is 11.7. The van der Waals surface area contributed by atoms with E-state index in [4.69, 9.17) is 5.26 Å². The van der Waals surface area contributed by atoms with Crippen LogP contribution in [0.4, 0.5) is 11.4 Å². The molecule has 6 heteroatoms. The van der Waals surface area contributed by atoms with Crippen molar-refractivity contribution in [1.82, 2.24) is 0 Å². The van der Waals surface area contributed by atoms with E-state index >= 15 is 0 Å². The Labute approximate surface area is 127 Å². The van der Waals surface area contributed by atoms with Crippen LogP contribution in [0.3, 0.4) is 0 Å². The molecule has 0 spiro atoms. The second-order valence-corrected chi connectivity index (χ2v) is 6.29. The zero-order valence-corrected chi connectivity index (χ0v) is 12.8. The molecule has 0 radical (unpaired) electrons. The molecule has 0 saturated carbocycles. The zero-order valence-electron chi connectivity index (χ0n) is 12.0. The van der Waals surface area contributed by atoms with Crippen molar-refractivity contribution < 1.29 is 4.92 Å². The van der Waals surface area contributed by atoms with Gasteiger partial charge in [0.2, 0.25) is 0 Å². The molecule has 0 aliphatic rings. The van der Waals surface area contributed by atoms with Crippen LogP contribution in [0.1, 0.15) is 33.8 Å². The summed E-state index contributed by atoms with van der Waals surface area (Å²) in [6.45, 7) is 6.13. The monoisotopic (exact) mass is 301 g/mol. The molecule has 108 valence electrons. The average Bonchev–Trinajstić information content (AvgIpc) is 2.78. The Balaban J connectivity index is 2.29. The average molecular weight is 301 g/mol.